The predicted molar refractivity (Wildman–Crippen MR) is 87.2 cm³/mol. The molecule has 0 fully saturated rings. The van der Waals surface area contributed by atoms with Gasteiger partial charge in [-0.05, 0) is 37.6 Å². The number of nitrogens with one attached hydrogen (secondary N) is 1. The van der Waals surface area contributed by atoms with E-state index in [0.29, 0.717) is 25.3 Å². The lowest BCUT2D eigenvalue weighted by Crippen LogP contribution is -2.48. The lowest BCUT2D eigenvalue weighted by atomic mass is 9.96. The Morgan fingerprint density at radius 1 is 1.29 bits per heavy atom. The summed E-state index contributed by atoms with van der Waals surface area (Å²) in [6.07, 6.45) is 1.52. The summed E-state index contributed by atoms with van der Waals surface area (Å²) in [7, 11) is 1.63. The van der Waals surface area contributed by atoms with Crippen molar-refractivity contribution in [2.45, 2.75) is 32.2 Å². The maximum Gasteiger partial charge on any atom is 0.244 e. The summed E-state index contributed by atoms with van der Waals surface area (Å²) in [6, 6.07) is 7.20. The largest absolute Gasteiger partial charge is 0.491 e. The highest BCUT2D eigenvalue weighted by Gasteiger charge is 2.26. The molecule has 120 valence electrons. The fourth-order valence-corrected chi connectivity index (χ4v) is 1.78. The van der Waals surface area contributed by atoms with Crippen LogP contribution in [0, 0.1) is 0 Å². The molecule has 1 aromatic rings. The lowest BCUT2D eigenvalue weighted by Gasteiger charge is -2.22. The molecule has 6 heteroatoms. The van der Waals surface area contributed by atoms with Crippen molar-refractivity contribution < 1.29 is 14.3 Å². The van der Waals surface area contributed by atoms with Crippen LogP contribution in [-0.4, -0.2) is 31.8 Å². The van der Waals surface area contributed by atoms with Crippen LogP contribution in [0.2, 0.25) is 0 Å². The summed E-state index contributed by atoms with van der Waals surface area (Å²) in [5.41, 5.74) is 5.84. The number of rotatable bonds is 8. The number of nitrogens with two attached hydrogens (primary N) is 1. The lowest BCUT2D eigenvalue weighted by molar-refractivity contribution is -0.120. The van der Waals surface area contributed by atoms with Gasteiger partial charge in [-0.2, -0.15) is 0 Å². The van der Waals surface area contributed by atoms with Gasteiger partial charge in [-0.15, -0.1) is 12.4 Å². The summed E-state index contributed by atoms with van der Waals surface area (Å²) in [6.45, 7) is 4.79. The van der Waals surface area contributed by atoms with E-state index in [1.807, 2.05) is 6.92 Å². The Kier molecular flexibility index (Phi) is 9.01. The number of hydrogen-bond donors (Lipinski definition) is 2. The molecular weight excluding hydrogens is 292 g/mol. The Balaban J connectivity index is 0.00000400. The molecule has 0 saturated heterocycles. The number of methoxy groups -OCH3 is 1. The van der Waals surface area contributed by atoms with Crippen molar-refractivity contribution in [1.29, 1.82) is 0 Å². The highest BCUT2D eigenvalue weighted by molar-refractivity contribution is 5.97. The van der Waals surface area contributed by atoms with E-state index >= 15 is 0 Å². The predicted octanol–water partition coefficient (Wildman–Crippen LogP) is 2.59. The Bertz CT molecular complexity index is 421. The average Bonchev–Trinajstić information content (AvgIpc) is 2.41. The van der Waals surface area contributed by atoms with Gasteiger partial charge < -0.3 is 20.5 Å². The van der Waals surface area contributed by atoms with Crippen molar-refractivity contribution in [3.8, 4) is 5.75 Å². The van der Waals surface area contributed by atoms with E-state index in [4.69, 9.17) is 15.2 Å². The topological polar surface area (TPSA) is 73.6 Å². The van der Waals surface area contributed by atoms with E-state index in [2.05, 4.69) is 5.32 Å². The maximum atomic E-state index is 12.0. The minimum atomic E-state index is -0.845. The first-order valence-electron chi connectivity index (χ1n) is 6.81. The second kappa shape index (κ2) is 9.60. The molecule has 1 amide bonds. The van der Waals surface area contributed by atoms with E-state index in [1.165, 1.54) is 0 Å². The van der Waals surface area contributed by atoms with E-state index < -0.39 is 5.54 Å². The number of carbonyl (C=O) groups excluding carboxylic acids is 1. The number of carbonyl (C=O) groups is 1. The van der Waals surface area contributed by atoms with Crippen LogP contribution in [0.15, 0.2) is 24.3 Å². The van der Waals surface area contributed by atoms with Crippen LogP contribution in [0.4, 0.5) is 5.69 Å². The van der Waals surface area contributed by atoms with E-state index in [9.17, 15) is 4.79 Å². The first-order chi connectivity index (χ1) is 9.49. The highest BCUT2D eigenvalue weighted by Crippen LogP contribution is 2.18. The molecule has 0 saturated carbocycles. The molecule has 3 N–H and O–H groups in total. The number of anilines is 1. The van der Waals surface area contributed by atoms with Crippen molar-refractivity contribution in [2.24, 2.45) is 5.73 Å². The van der Waals surface area contributed by atoms with Crippen molar-refractivity contribution in [3.05, 3.63) is 24.3 Å². The smallest absolute Gasteiger partial charge is 0.244 e. The number of ether oxygens (including phenoxy) is 2. The number of amides is 1. The summed E-state index contributed by atoms with van der Waals surface area (Å²) in [4.78, 5) is 12.0. The molecule has 0 spiro atoms. The average molecular weight is 317 g/mol. The van der Waals surface area contributed by atoms with Gasteiger partial charge in [-0.25, -0.2) is 0 Å². The van der Waals surface area contributed by atoms with Gasteiger partial charge in [0.15, 0.2) is 0 Å². The zero-order chi connectivity index (χ0) is 15.0. The third kappa shape index (κ3) is 6.80. The van der Waals surface area contributed by atoms with Gasteiger partial charge in [0, 0.05) is 12.8 Å². The van der Waals surface area contributed by atoms with Gasteiger partial charge in [0.25, 0.3) is 0 Å². The van der Waals surface area contributed by atoms with Crippen LogP contribution in [-0.2, 0) is 9.53 Å². The summed E-state index contributed by atoms with van der Waals surface area (Å²) in [5, 5.41) is 2.82. The van der Waals surface area contributed by atoms with Crippen LogP contribution in [0.3, 0.4) is 0 Å². The van der Waals surface area contributed by atoms with Crippen molar-refractivity contribution in [1.82, 2.24) is 0 Å². The summed E-state index contributed by atoms with van der Waals surface area (Å²) >= 11 is 0. The summed E-state index contributed by atoms with van der Waals surface area (Å²) in [5.74, 6) is 0.566. The van der Waals surface area contributed by atoms with Crippen LogP contribution in [0.1, 0.15) is 26.7 Å². The summed E-state index contributed by atoms with van der Waals surface area (Å²) < 4.78 is 10.4. The van der Waals surface area contributed by atoms with Crippen LogP contribution < -0.4 is 15.8 Å². The van der Waals surface area contributed by atoms with Crippen LogP contribution in [0.25, 0.3) is 0 Å². The minimum Gasteiger partial charge on any atom is -0.491 e. The van der Waals surface area contributed by atoms with E-state index in [0.717, 1.165) is 12.2 Å². The van der Waals surface area contributed by atoms with E-state index in [-0.39, 0.29) is 18.3 Å². The SMILES string of the molecule is CCCC(C)(N)C(=O)Nc1ccc(OCCOC)cc1.Cl. The normalized spacial score (nSPS) is 13.0. The molecule has 0 aliphatic carbocycles. The molecule has 0 heterocycles. The third-order valence-corrected chi connectivity index (χ3v) is 2.96. The molecule has 0 radical (unpaired) electrons. The van der Waals surface area contributed by atoms with Gasteiger partial charge in [0.05, 0.1) is 12.1 Å². The highest BCUT2D eigenvalue weighted by atomic mass is 35.5. The van der Waals surface area contributed by atoms with Crippen LogP contribution >= 0.6 is 12.4 Å². The van der Waals surface area contributed by atoms with Crippen molar-refractivity contribution in [3.63, 3.8) is 0 Å². The fourth-order valence-electron chi connectivity index (χ4n) is 1.78. The van der Waals surface area contributed by atoms with Crippen molar-refractivity contribution >= 4 is 24.0 Å². The molecule has 5 nitrogen and oxygen atoms in total. The van der Waals surface area contributed by atoms with Crippen LogP contribution in [0.5, 0.6) is 5.75 Å². The van der Waals surface area contributed by atoms with Crippen molar-refractivity contribution in [2.75, 3.05) is 25.6 Å². The van der Waals surface area contributed by atoms with Gasteiger partial charge in [-0.3, -0.25) is 4.79 Å². The van der Waals surface area contributed by atoms with Gasteiger partial charge in [-0.1, -0.05) is 13.3 Å². The Hall–Kier alpha value is -1.30. The maximum absolute atomic E-state index is 12.0. The van der Waals surface area contributed by atoms with Gasteiger partial charge >= 0.3 is 0 Å². The van der Waals surface area contributed by atoms with Gasteiger partial charge in [0.1, 0.15) is 12.4 Å². The number of benzene rings is 1. The monoisotopic (exact) mass is 316 g/mol. The minimum absolute atomic E-state index is 0. The third-order valence-electron chi connectivity index (χ3n) is 2.96. The second-order valence-corrected chi connectivity index (χ2v) is 4.99. The number of halogens is 1. The molecule has 0 aliphatic rings. The Morgan fingerprint density at radius 2 is 1.90 bits per heavy atom. The standard InChI is InChI=1S/C15H24N2O3.ClH/c1-4-9-15(2,16)14(18)17-12-5-7-13(8-6-12)20-11-10-19-3;/h5-8H,4,9-11,16H2,1-3H3,(H,17,18);1H. The first kappa shape index (κ1) is 19.7. The molecular formula is C15H25ClN2O3. The van der Waals surface area contributed by atoms with Gasteiger partial charge in [0.2, 0.25) is 5.91 Å². The zero-order valence-corrected chi connectivity index (χ0v) is 13.7. The van der Waals surface area contributed by atoms with E-state index in [1.54, 1.807) is 38.3 Å². The Morgan fingerprint density at radius 3 is 2.43 bits per heavy atom. The molecule has 1 rings (SSSR count). The number of hydrogen-bond acceptors (Lipinski definition) is 4. The molecule has 21 heavy (non-hydrogen) atoms. The molecule has 1 aromatic carbocycles. The molecule has 0 aromatic heterocycles. The zero-order valence-electron chi connectivity index (χ0n) is 12.8. The quantitative estimate of drug-likeness (QED) is 0.723. The molecule has 1 unspecified atom stereocenters. The molecule has 0 aliphatic heterocycles. The Labute approximate surface area is 132 Å². The second-order valence-electron chi connectivity index (χ2n) is 4.99. The molecule has 1 atom stereocenters. The first-order valence-corrected chi connectivity index (χ1v) is 6.81. The fraction of sp³-hybridized carbons (Fsp3) is 0.533. The molecule has 0 bridgehead atoms.